The Bertz CT molecular complexity index is 925. The van der Waals surface area contributed by atoms with Gasteiger partial charge in [-0.15, -0.1) is 0 Å². The van der Waals surface area contributed by atoms with Gasteiger partial charge in [0.15, 0.2) is 17.0 Å². The molecule has 0 radical (unpaired) electrons. The van der Waals surface area contributed by atoms with E-state index in [4.69, 9.17) is 10.5 Å². The molecular formula is C16H14F2N6O. The molecule has 1 aliphatic heterocycles. The maximum atomic E-state index is 13.5. The highest BCUT2D eigenvalue weighted by Gasteiger charge is 2.19. The monoisotopic (exact) mass is 344 g/mol. The van der Waals surface area contributed by atoms with Crippen molar-refractivity contribution >= 4 is 22.9 Å². The van der Waals surface area contributed by atoms with Gasteiger partial charge in [0.1, 0.15) is 11.6 Å². The topological polar surface area (TPSA) is 90.0 Å². The molecule has 0 amide bonds. The van der Waals surface area contributed by atoms with Crippen molar-refractivity contribution < 1.29 is 13.5 Å². The molecule has 2 N–H and O–H groups in total. The van der Waals surface area contributed by atoms with Crippen LogP contribution in [0.25, 0.3) is 22.4 Å². The normalized spacial score (nSPS) is 14.9. The lowest BCUT2D eigenvalue weighted by molar-refractivity contribution is 0.122. The van der Waals surface area contributed by atoms with Gasteiger partial charge in [-0.3, -0.25) is 0 Å². The molecule has 1 saturated heterocycles. The molecule has 0 aliphatic carbocycles. The lowest BCUT2D eigenvalue weighted by Crippen LogP contribution is -2.37. The fraction of sp³-hybridized carbons (Fsp3) is 0.250. The molecule has 4 rings (SSSR count). The predicted molar refractivity (Wildman–Crippen MR) is 87.9 cm³/mol. The summed E-state index contributed by atoms with van der Waals surface area (Å²) in [4.78, 5) is 19.1. The van der Waals surface area contributed by atoms with Crippen molar-refractivity contribution in [3.63, 3.8) is 0 Å². The van der Waals surface area contributed by atoms with Crippen molar-refractivity contribution in [3.8, 4) is 11.3 Å². The van der Waals surface area contributed by atoms with Crippen molar-refractivity contribution in [1.29, 1.82) is 0 Å². The second kappa shape index (κ2) is 6.17. The van der Waals surface area contributed by atoms with Crippen LogP contribution in [0.2, 0.25) is 0 Å². The van der Waals surface area contributed by atoms with Gasteiger partial charge in [-0.25, -0.2) is 18.7 Å². The molecule has 3 aromatic rings. The second-order valence-electron chi connectivity index (χ2n) is 5.59. The Kier molecular flexibility index (Phi) is 3.85. The van der Waals surface area contributed by atoms with Crippen LogP contribution < -0.4 is 10.6 Å². The smallest absolute Gasteiger partial charge is 0.224 e. The maximum absolute atomic E-state index is 13.5. The van der Waals surface area contributed by atoms with Gasteiger partial charge in [-0.1, -0.05) is 0 Å². The Morgan fingerprint density at radius 1 is 1.00 bits per heavy atom. The number of nitrogens with zero attached hydrogens (tertiary/aromatic N) is 5. The summed E-state index contributed by atoms with van der Waals surface area (Å²) in [5.41, 5.74) is 7.15. The van der Waals surface area contributed by atoms with Gasteiger partial charge in [-0.05, 0) is 12.1 Å². The zero-order chi connectivity index (χ0) is 17.4. The predicted octanol–water partition coefficient (Wildman–Crippen LogP) is 1.78. The summed E-state index contributed by atoms with van der Waals surface area (Å²) in [7, 11) is 0. The number of halogens is 2. The fourth-order valence-corrected chi connectivity index (χ4v) is 2.75. The Hall–Kier alpha value is -2.94. The van der Waals surface area contributed by atoms with Gasteiger partial charge in [0.25, 0.3) is 0 Å². The highest BCUT2D eigenvalue weighted by Crippen LogP contribution is 2.26. The Balaban J connectivity index is 1.87. The number of nitrogens with two attached hydrogens (primary N) is 1. The van der Waals surface area contributed by atoms with Crippen LogP contribution in [-0.4, -0.2) is 46.2 Å². The summed E-state index contributed by atoms with van der Waals surface area (Å²) in [6.45, 7) is 2.39. The Labute approximate surface area is 141 Å². The number of morpholine rings is 1. The number of fused-ring (bicyclic) bond motifs is 1. The average Bonchev–Trinajstić information content (AvgIpc) is 2.60. The van der Waals surface area contributed by atoms with E-state index < -0.39 is 11.6 Å². The van der Waals surface area contributed by atoms with Gasteiger partial charge >= 0.3 is 0 Å². The third-order valence-electron chi connectivity index (χ3n) is 3.87. The first-order valence-electron chi connectivity index (χ1n) is 7.69. The lowest BCUT2D eigenvalue weighted by Gasteiger charge is -2.28. The van der Waals surface area contributed by atoms with Gasteiger partial charge in [0, 0.05) is 24.7 Å². The SMILES string of the molecule is Nc1nc(N2CCOCC2)c2nc(-c3cc(F)cc(F)c3)cnc2n1. The number of aromatic nitrogens is 4. The van der Waals surface area contributed by atoms with Crippen molar-refractivity contribution in [2.24, 2.45) is 0 Å². The van der Waals surface area contributed by atoms with Gasteiger partial charge < -0.3 is 15.4 Å². The van der Waals surface area contributed by atoms with Crippen molar-refractivity contribution in [2.45, 2.75) is 0 Å². The molecule has 128 valence electrons. The van der Waals surface area contributed by atoms with E-state index >= 15 is 0 Å². The summed E-state index contributed by atoms with van der Waals surface area (Å²) >= 11 is 0. The minimum absolute atomic E-state index is 0.0906. The van der Waals surface area contributed by atoms with Crippen LogP contribution in [0, 0.1) is 11.6 Å². The molecule has 1 aliphatic rings. The highest BCUT2D eigenvalue weighted by molar-refractivity contribution is 5.85. The van der Waals surface area contributed by atoms with Crippen molar-refractivity contribution in [3.05, 3.63) is 36.0 Å². The molecule has 9 heteroatoms. The maximum Gasteiger partial charge on any atom is 0.224 e. The summed E-state index contributed by atoms with van der Waals surface area (Å²) in [6, 6.07) is 3.21. The van der Waals surface area contributed by atoms with E-state index in [9.17, 15) is 8.78 Å². The molecule has 2 aromatic heterocycles. The van der Waals surface area contributed by atoms with Gasteiger partial charge in [0.05, 0.1) is 25.1 Å². The first-order chi connectivity index (χ1) is 12.1. The number of rotatable bonds is 2. The van der Waals surface area contributed by atoms with Crippen LogP contribution in [0.15, 0.2) is 24.4 Å². The van der Waals surface area contributed by atoms with Crippen molar-refractivity contribution in [1.82, 2.24) is 19.9 Å². The Morgan fingerprint density at radius 3 is 2.44 bits per heavy atom. The molecule has 1 aromatic carbocycles. The summed E-state index contributed by atoms with van der Waals surface area (Å²) in [5.74, 6) is -0.734. The molecular weight excluding hydrogens is 330 g/mol. The quantitative estimate of drug-likeness (QED) is 0.758. The molecule has 0 atom stereocenters. The molecule has 3 heterocycles. The summed E-state index contributed by atoms with van der Waals surface area (Å²) in [5, 5.41) is 0. The number of anilines is 2. The van der Waals surface area contributed by atoms with E-state index in [2.05, 4.69) is 19.9 Å². The number of hydrogen-bond donors (Lipinski definition) is 1. The summed E-state index contributed by atoms with van der Waals surface area (Å²) < 4.78 is 32.3. The largest absolute Gasteiger partial charge is 0.378 e. The number of benzene rings is 1. The number of hydrogen-bond acceptors (Lipinski definition) is 7. The number of nitrogen functional groups attached to an aromatic ring is 1. The standard InChI is InChI=1S/C16H14F2N6O/c17-10-5-9(6-11(18)7-10)12-8-20-14-13(21-12)15(23-16(19)22-14)24-1-3-25-4-2-24/h5-8H,1-4H2,(H2,19,20,22,23). The van der Waals surface area contributed by atoms with Crippen molar-refractivity contribution in [2.75, 3.05) is 36.9 Å². The molecule has 0 spiro atoms. The number of ether oxygens (including phenoxy) is 1. The minimum Gasteiger partial charge on any atom is -0.378 e. The van der Waals surface area contributed by atoms with Crippen LogP contribution in [-0.2, 0) is 4.74 Å². The van der Waals surface area contributed by atoms with Crippen LogP contribution in [0.3, 0.4) is 0 Å². The van der Waals surface area contributed by atoms with E-state index in [-0.39, 0.29) is 11.5 Å². The van der Waals surface area contributed by atoms with Crippen LogP contribution in [0.4, 0.5) is 20.5 Å². The third-order valence-corrected chi connectivity index (χ3v) is 3.87. The van der Waals surface area contributed by atoms with E-state index in [1.807, 2.05) is 4.90 Å². The average molecular weight is 344 g/mol. The van der Waals surface area contributed by atoms with Gasteiger partial charge in [-0.2, -0.15) is 9.97 Å². The van der Waals surface area contributed by atoms with Crippen LogP contribution >= 0.6 is 0 Å². The first kappa shape index (κ1) is 15.6. The molecule has 0 unspecified atom stereocenters. The Morgan fingerprint density at radius 2 is 1.72 bits per heavy atom. The van der Waals surface area contributed by atoms with E-state index in [1.165, 1.54) is 18.3 Å². The lowest BCUT2D eigenvalue weighted by atomic mass is 10.1. The zero-order valence-electron chi connectivity index (χ0n) is 13.1. The first-order valence-corrected chi connectivity index (χ1v) is 7.69. The van der Waals surface area contributed by atoms with E-state index in [0.717, 1.165) is 6.07 Å². The fourth-order valence-electron chi connectivity index (χ4n) is 2.75. The second-order valence-corrected chi connectivity index (χ2v) is 5.59. The van der Waals surface area contributed by atoms with Crippen LogP contribution in [0.5, 0.6) is 0 Å². The van der Waals surface area contributed by atoms with E-state index in [0.29, 0.717) is 49.0 Å². The zero-order valence-corrected chi connectivity index (χ0v) is 13.1. The molecule has 0 saturated carbocycles. The summed E-state index contributed by atoms with van der Waals surface area (Å²) in [6.07, 6.45) is 1.41. The van der Waals surface area contributed by atoms with Crippen LogP contribution in [0.1, 0.15) is 0 Å². The van der Waals surface area contributed by atoms with E-state index in [1.54, 1.807) is 0 Å². The highest BCUT2D eigenvalue weighted by atomic mass is 19.1. The third kappa shape index (κ3) is 3.05. The molecule has 7 nitrogen and oxygen atoms in total. The molecule has 25 heavy (non-hydrogen) atoms. The minimum atomic E-state index is -0.682. The molecule has 0 bridgehead atoms. The van der Waals surface area contributed by atoms with Gasteiger partial charge in [0.2, 0.25) is 5.95 Å². The molecule has 1 fully saturated rings.